The minimum Gasteiger partial charge on any atom is -0.493 e. The molecule has 3 rings (SSSR count). The number of rotatable bonds is 9. The maximum Gasteiger partial charge on any atom is 0.248 e. The quantitative estimate of drug-likeness (QED) is 0.481. The fourth-order valence-corrected chi connectivity index (χ4v) is 3.10. The molecule has 0 spiro atoms. The van der Waals surface area contributed by atoms with Crippen molar-refractivity contribution in [2.75, 3.05) is 32.0 Å². The van der Waals surface area contributed by atoms with Crippen LogP contribution in [0.25, 0.3) is 6.08 Å². The summed E-state index contributed by atoms with van der Waals surface area (Å²) in [5.74, 6) is 0.901. The van der Waals surface area contributed by atoms with Gasteiger partial charge in [-0.1, -0.05) is 6.07 Å². The van der Waals surface area contributed by atoms with Crippen LogP contribution < -0.4 is 24.8 Å². The van der Waals surface area contributed by atoms with E-state index in [1.54, 1.807) is 72.5 Å². The summed E-state index contributed by atoms with van der Waals surface area (Å²) in [4.78, 5) is 24.9. The largest absolute Gasteiger partial charge is 0.493 e. The average Bonchev–Trinajstić information content (AvgIpc) is 3.36. The van der Waals surface area contributed by atoms with Crippen molar-refractivity contribution in [3.8, 4) is 17.2 Å². The third kappa shape index (κ3) is 5.91. The third-order valence-corrected chi connectivity index (χ3v) is 4.81. The van der Waals surface area contributed by atoms with Crippen LogP contribution in [0.1, 0.15) is 18.5 Å². The molecule has 2 amide bonds. The van der Waals surface area contributed by atoms with Crippen LogP contribution in [-0.2, 0) is 9.59 Å². The van der Waals surface area contributed by atoms with Crippen molar-refractivity contribution in [1.82, 2.24) is 9.78 Å². The molecule has 0 aliphatic rings. The first kappa shape index (κ1) is 23.4. The van der Waals surface area contributed by atoms with Crippen LogP contribution in [-0.4, -0.2) is 42.9 Å². The zero-order chi connectivity index (χ0) is 23.8. The van der Waals surface area contributed by atoms with Crippen molar-refractivity contribution in [2.24, 2.45) is 0 Å². The maximum absolute atomic E-state index is 12.5. The van der Waals surface area contributed by atoms with E-state index >= 15 is 0 Å². The highest BCUT2D eigenvalue weighted by Gasteiger charge is 2.15. The van der Waals surface area contributed by atoms with E-state index in [0.29, 0.717) is 34.2 Å². The Labute approximate surface area is 192 Å². The Balaban J connectivity index is 1.66. The highest BCUT2D eigenvalue weighted by atomic mass is 16.5. The van der Waals surface area contributed by atoms with Gasteiger partial charge in [0.15, 0.2) is 11.5 Å². The maximum atomic E-state index is 12.5. The van der Waals surface area contributed by atoms with Crippen LogP contribution in [0.4, 0.5) is 11.4 Å². The number of nitrogens with zero attached hydrogens (tertiary/aromatic N) is 2. The molecule has 33 heavy (non-hydrogen) atoms. The predicted molar refractivity (Wildman–Crippen MR) is 126 cm³/mol. The number of amides is 2. The second kappa shape index (κ2) is 10.9. The molecule has 9 heteroatoms. The van der Waals surface area contributed by atoms with Crippen LogP contribution >= 0.6 is 0 Å². The van der Waals surface area contributed by atoms with Gasteiger partial charge in [-0.3, -0.25) is 14.3 Å². The molecule has 1 atom stereocenters. The zero-order valence-corrected chi connectivity index (χ0v) is 18.9. The molecule has 1 heterocycles. The van der Waals surface area contributed by atoms with Gasteiger partial charge in [-0.05, 0) is 55.0 Å². The van der Waals surface area contributed by atoms with Crippen molar-refractivity contribution < 1.29 is 23.8 Å². The number of benzene rings is 2. The Hall–Kier alpha value is -4.27. The molecule has 0 saturated heterocycles. The predicted octanol–water partition coefficient (Wildman–Crippen LogP) is 3.76. The summed E-state index contributed by atoms with van der Waals surface area (Å²) in [5.41, 5.74) is 1.80. The summed E-state index contributed by atoms with van der Waals surface area (Å²) in [6, 6.07) is 11.7. The lowest BCUT2D eigenvalue weighted by molar-refractivity contribution is -0.119. The minimum absolute atomic E-state index is 0.218. The Morgan fingerprint density at radius 3 is 2.21 bits per heavy atom. The SMILES string of the molecule is COc1cc(/C=C/C(=O)Nc2cccc(NC(=O)C(C)n3cccn3)c2)cc(OC)c1OC. The summed E-state index contributed by atoms with van der Waals surface area (Å²) in [5, 5.41) is 9.69. The summed E-state index contributed by atoms with van der Waals surface area (Å²) in [6.07, 6.45) is 6.37. The molecule has 1 unspecified atom stereocenters. The van der Waals surface area contributed by atoms with Gasteiger partial charge in [0.05, 0.1) is 21.3 Å². The molecular weight excluding hydrogens is 424 g/mol. The number of hydrogen-bond acceptors (Lipinski definition) is 6. The first-order valence-electron chi connectivity index (χ1n) is 10.1. The number of ether oxygens (including phenoxy) is 3. The number of carbonyl (C=O) groups is 2. The molecular formula is C24H26N4O5. The van der Waals surface area contributed by atoms with E-state index in [2.05, 4.69) is 15.7 Å². The monoisotopic (exact) mass is 450 g/mol. The average molecular weight is 450 g/mol. The molecule has 172 valence electrons. The Kier molecular flexibility index (Phi) is 7.69. The van der Waals surface area contributed by atoms with Crippen molar-refractivity contribution >= 4 is 29.3 Å². The number of anilines is 2. The third-order valence-electron chi connectivity index (χ3n) is 4.81. The highest BCUT2D eigenvalue weighted by molar-refractivity contribution is 6.02. The standard InChI is InChI=1S/C24H26N4O5/c1-16(28-12-6-11-25-28)24(30)27-19-8-5-7-18(15-19)26-22(29)10-9-17-13-20(31-2)23(33-4)21(14-17)32-3/h5-16H,1-4H3,(H,26,29)(H,27,30)/b10-9+. The van der Waals surface area contributed by atoms with E-state index in [1.807, 2.05) is 0 Å². The van der Waals surface area contributed by atoms with Crippen molar-refractivity contribution in [3.05, 3.63) is 66.5 Å². The lowest BCUT2D eigenvalue weighted by Crippen LogP contribution is -2.24. The number of hydrogen-bond donors (Lipinski definition) is 2. The Morgan fingerprint density at radius 1 is 0.970 bits per heavy atom. The molecule has 1 aromatic heterocycles. The van der Waals surface area contributed by atoms with Crippen molar-refractivity contribution in [2.45, 2.75) is 13.0 Å². The van der Waals surface area contributed by atoms with Gasteiger partial charge in [-0.25, -0.2) is 0 Å². The van der Waals surface area contributed by atoms with Crippen LogP contribution in [0.5, 0.6) is 17.2 Å². The van der Waals surface area contributed by atoms with Gasteiger partial charge in [-0.2, -0.15) is 5.10 Å². The van der Waals surface area contributed by atoms with Crippen molar-refractivity contribution in [3.63, 3.8) is 0 Å². The van der Waals surface area contributed by atoms with Crippen LogP contribution in [0.2, 0.25) is 0 Å². The summed E-state index contributed by atoms with van der Waals surface area (Å²) in [6.45, 7) is 1.75. The van der Waals surface area contributed by atoms with E-state index in [-0.39, 0.29) is 11.8 Å². The molecule has 2 N–H and O–H groups in total. The first-order valence-corrected chi connectivity index (χ1v) is 10.1. The van der Waals surface area contributed by atoms with Crippen molar-refractivity contribution in [1.29, 1.82) is 0 Å². The molecule has 0 bridgehead atoms. The minimum atomic E-state index is -0.473. The topological polar surface area (TPSA) is 104 Å². The Bertz CT molecular complexity index is 1120. The second-order valence-electron chi connectivity index (χ2n) is 7.01. The number of carbonyl (C=O) groups excluding carboxylic acids is 2. The zero-order valence-electron chi connectivity index (χ0n) is 18.9. The lowest BCUT2D eigenvalue weighted by atomic mass is 10.1. The van der Waals surface area contributed by atoms with E-state index in [0.717, 1.165) is 0 Å². The van der Waals surface area contributed by atoms with Gasteiger partial charge in [-0.15, -0.1) is 0 Å². The summed E-state index contributed by atoms with van der Waals surface area (Å²) in [7, 11) is 4.58. The highest BCUT2D eigenvalue weighted by Crippen LogP contribution is 2.38. The van der Waals surface area contributed by atoms with E-state index in [4.69, 9.17) is 14.2 Å². The van der Waals surface area contributed by atoms with Gasteiger partial charge >= 0.3 is 0 Å². The normalized spacial score (nSPS) is 11.6. The summed E-state index contributed by atoms with van der Waals surface area (Å²) < 4.78 is 17.5. The first-order chi connectivity index (χ1) is 15.9. The molecule has 0 fully saturated rings. The number of aromatic nitrogens is 2. The smallest absolute Gasteiger partial charge is 0.248 e. The molecule has 0 radical (unpaired) electrons. The second-order valence-corrected chi connectivity index (χ2v) is 7.01. The van der Waals surface area contributed by atoms with Gasteiger partial charge in [0.25, 0.3) is 0 Å². The van der Waals surface area contributed by atoms with E-state index < -0.39 is 6.04 Å². The molecule has 0 aliphatic heterocycles. The molecule has 3 aromatic rings. The van der Waals surface area contributed by atoms with E-state index in [9.17, 15) is 9.59 Å². The number of nitrogens with one attached hydrogen (secondary N) is 2. The van der Waals surface area contributed by atoms with Gasteiger partial charge in [0.2, 0.25) is 17.6 Å². The van der Waals surface area contributed by atoms with Crippen LogP contribution in [0.15, 0.2) is 60.9 Å². The van der Waals surface area contributed by atoms with Gasteiger partial charge < -0.3 is 24.8 Å². The fourth-order valence-electron chi connectivity index (χ4n) is 3.10. The number of methoxy groups -OCH3 is 3. The van der Waals surface area contributed by atoms with Crippen LogP contribution in [0.3, 0.4) is 0 Å². The lowest BCUT2D eigenvalue weighted by Gasteiger charge is -2.13. The molecule has 0 aliphatic carbocycles. The molecule has 0 saturated carbocycles. The Morgan fingerprint density at radius 2 is 1.64 bits per heavy atom. The summed E-state index contributed by atoms with van der Waals surface area (Å²) >= 11 is 0. The molecule has 9 nitrogen and oxygen atoms in total. The van der Waals surface area contributed by atoms with Gasteiger partial charge in [0.1, 0.15) is 6.04 Å². The molecule has 2 aromatic carbocycles. The van der Waals surface area contributed by atoms with E-state index in [1.165, 1.54) is 27.4 Å². The fraction of sp³-hybridized carbons (Fsp3) is 0.208. The van der Waals surface area contributed by atoms with Gasteiger partial charge in [0, 0.05) is 29.8 Å². The van der Waals surface area contributed by atoms with Crippen LogP contribution in [0, 0.1) is 0 Å².